The number of amides is 2. The van der Waals surface area contributed by atoms with E-state index in [4.69, 9.17) is 5.73 Å². The Morgan fingerprint density at radius 2 is 2.17 bits per heavy atom. The Kier molecular flexibility index (Phi) is 5.79. The molecule has 0 saturated heterocycles. The minimum absolute atomic E-state index is 0.0739. The third kappa shape index (κ3) is 4.50. The van der Waals surface area contributed by atoms with Crippen LogP contribution in [-0.2, 0) is 11.3 Å². The summed E-state index contributed by atoms with van der Waals surface area (Å²) in [5.41, 5.74) is 6.60. The number of nitrogens with one attached hydrogen (secondary N) is 2. The van der Waals surface area contributed by atoms with Crippen molar-refractivity contribution in [3.8, 4) is 0 Å². The number of carbonyl (C=O) groups excluding carboxylic acids is 2. The summed E-state index contributed by atoms with van der Waals surface area (Å²) < 4.78 is 0. The van der Waals surface area contributed by atoms with Crippen molar-refractivity contribution in [3.05, 3.63) is 29.6 Å². The van der Waals surface area contributed by atoms with Crippen LogP contribution in [0.25, 0.3) is 0 Å². The van der Waals surface area contributed by atoms with Gasteiger partial charge in [-0.1, -0.05) is 0 Å². The van der Waals surface area contributed by atoms with Gasteiger partial charge in [0, 0.05) is 37.8 Å². The topological polar surface area (TPSA) is 97.1 Å². The van der Waals surface area contributed by atoms with E-state index in [9.17, 15) is 9.59 Å². The number of nitrogens with two attached hydrogens (primary N) is 1. The molecule has 0 aliphatic heterocycles. The predicted octanol–water partition coefficient (Wildman–Crippen LogP) is -0.204. The number of rotatable bonds is 6. The highest BCUT2D eigenvalue weighted by Crippen LogP contribution is 2.01. The zero-order chi connectivity index (χ0) is 13.4. The van der Waals surface area contributed by atoms with E-state index in [1.54, 1.807) is 18.3 Å². The van der Waals surface area contributed by atoms with Gasteiger partial charge in [-0.25, -0.2) is 0 Å². The standard InChI is InChI=1S/C12H18N4O2/c1-2-14-11(17)4-6-16-12(18)9-3-5-15-10(7-9)8-13/h3,5,7H,2,4,6,8,13H2,1H3,(H,14,17)(H,16,18). The molecule has 4 N–H and O–H groups in total. The van der Waals surface area contributed by atoms with Gasteiger partial charge >= 0.3 is 0 Å². The molecule has 6 nitrogen and oxygen atoms in total. The quantitative estimate of drug-likeness (QED) is 0.651. The Morgan fingerprint density at radius 3 is 2.83 bits per heavy atom. The van der Waals surface area contributed by atoms with Crippen molar-refractivity contribution < 1.29 is 9.59 Å². The monoisotopic (exact) mass is 250 g/mol. The molecule has 0 saturated carbocycles. The molecule has 0 atom stereocenters. The van der Waals surface area contributed by atoms with Crippen LogP contribution >= 0.6 is 0 Å². The summed E-state index contributed by atoms with van der Waals surface area (Å²) in [6, 6.07) is 3.25. The van der Waals surface area contributed by atoms with Gasteiger partial charge < -0.3 is 16.4 Å². The van der Waals surface area contributed by atoms with Crippen molar-refractivity contribution in [2.45, 2.75) is 19.9 Å². The number of hydrogen-bond acceptors (Lipinski definition) is 4. The van der Waals surface area contributed by atoms with Crippen molar-refractivity contribution in [2.75, 3.05) is 13.1 Å². The SMILES string of the molecule is CCNC(=O)CCNC(=O)c1ccnc(CN)c1. The molecular weight excluding hydrogens is 232 g/mol. The Hall–Kier alpha value is -1.95. The van der Waals surface area contributed by atoms with Gasteiger partial charge in [-0.15, -0.1) is 0 Å². The van der Waals surface area contributed by atoms with Gasteiger partial charge in [0.2, 0.25) is 5.91 Å². The van der Waals surface area contributed by atoms with E-state index in [1.807, 2.05) is 6.92 Å². The fraction of sp³-hybridized carbons (Fsp3) is 0.417. The van der Waals surface area contributed by atoms with E-state index < -0.39 is 0 Å². The molecule has 18 heavy (non-hydrogen) atoms. The van der Waals surface area contributed by atoms with Gasteiger partial charge in [-0.2, -0.15) is 0 Å². The summed E-state index contributed by atoms with van der Waals surface area (Å²) in [5, 5.41) is 5.33. The molecule has 1 aromatic heterocycles. The number of aromatic nitrogens is 1. The first-order valence-electron chi connectivity index (χ1n) is 5.87. The molecule has 0 radical (unpaired) electrons. The highest BCUT2D eigenvalue weighted by molar-refractivity contribution is 5.94. The molecular formula is C12H18N4O2. The van der Waals surface area contributed by atoms with E-state index in [0.29, 0.717) is 30.9 Å². The second-order valence-electron chi connectivity index (χ2n) is 3.70. The lowest BCUT2D eigenvalue weighted by Gasteiger charge is -2.06. The summed E-state index contributed by atoms with van der Waals surface area (Å²) in [6.07, 6.45) is 1.81. The first-order valence-corrected chi connectivity index (χ1v) is 5.87. The molecule has 1 heterocycles. The Morgan fingerprint density at radius 1 is 1.39 bits per heavy atom. The van der Waals surface area contributed by atoms with Gasteiger partial charge in [0.1, 0.15) is 0 Å². The van der Waals surface area contributed by atoms with Crippen LogP contribution in [0, 0.1) is 0 Å². The van der Waals surface area contributed by atoms with E-state index in [2.05, 4.69) is 15.6 Å². The summed E-state index contributed by atoms with van der Waals surface area (Å²) in [7, 11) is 0. The average molecular weight is 250 g/mol. The summed E-state index contributed by atoms with van der Waals surface area (Å²) >= 11 is 0. The lowest BCUT2D eigenvalue weighted by atomic mass is 10.2. The summed E-state index contributed by atoms with van der Waals surface area (Å²) in [6.45, 7) is 3.05. The fourth-order valence-corrected chi connectivity index (χ4v) is 1.41. The third-order valence-electron chi connectivity index (χ3n) is 2.30. The van der Waals surface area contributed by atoms with Gasteiger partial charge in [-0.05, 0) is 19.1 Å². The zero-order valence-corrected chi connectivity index (χ0v) is 10.4. The van der Waals surface area contributed by atoms with Gasteiger partial charge in [0.05, 0.1) is 5.69 Å². The molecule has 98 valence electrons. The van der Waals surface area contributed by atoms with Crippen LogP contribution in [0.2, 0.25) is 0 Å². The lowest BCUT2D eigenvalue weighted by Crippen LogP contribution is -2.30. The van der Waals surface area contributed by atoms with Crippen LogP contribution in [0.15, 0.2) is 18.3 Å². The number of hydrogen-bond donors (Lipinski definition) is 3. The molecule has 0 unspecified atom stereocenters. The smallest absolute Gasteiger partial charge is 0.251 e. The number of carbonyl (C=O) groups is 2. The lowest BCUT2D eigenvalue weighted by molar-refractivity contribution is -0.120. The summed E-state index contributed by atoms with van der Waals surface area (Å²) in [5.74, 6) is -0.299. The van der Waals surface area contributed by atoms with Gasteiger partial charge in [0.25, 0.3) is 5.91 Å². The fourth-order valence-electron chi connectivity index (χ4n) is 1.41. The molecule has 2 amide bonds. The minimum atomic E-state index is -0.226. The van der Waals surface area contributed by atoms with Crippen LogP contribution in [-0.4, -0.2) is 29.9 Å². The minimum Gasteiger partial charge on any atom is -0.356 e. The molecule has 0 fully saturated rings. The number of pyridine rings is 1. The number of nitrogens with zero attached hydrogens (tertiary/aromatic N) is 1. The average Bonchev–Trinajstić information content (AvgIpc) is 2.39. The van der Waals surface area contributed by atoms with Crippen molar-refractivity contribution in [3.63, 3.8) is 0 Å². The molecule has 0 spiro atoms. The first kappa shape index (κ1) is 14.1. The molecule has 0 aliphatic carbocycles. The third-order valence-corrected chi connectivity index (χ3v) is 2.30. The van der Waals surface area contributed by atoms with Crippen LogP contribution in [0.1, 0.15) is 29.4 Å². The van der Waals surface area contributed by atoms with Crippen molar-refractivity contribution in [2.24, 2.45) is 5.73 Å². The Bertz CT molecular complexity index is 420. The van der Waals surface area contributed by atoms with E-state index >= 15 is 0 Å². The molecule has 0 aromatic carbocycles. The van der Waals surface area contributed by atoms with E-state index in [0.717, 1.165) is 0 Å². The molecule has 1 rings (SSSR count). The van der Waals surface area contributed by atoms with Crippen LogP contribution in [0.3, 0.4) is 0 Å². The van der Waals surface area contributed by atoms with Crippen LogP contribution < -0.4 is 16.4 Å². The van der Waals surface area contributed by atoms with Gasteiger partial charge in [-0.3, -0.25) is 14.6 Å². The van der Waals surface area contributed by atoms with Crippen molar-refractivity contribution >= 4 is 11.8 Å². The Balaban J connectivity index is 2.42. The van der Waals surface area contributed by atoms with Crippen LogP contribution in [0.5, 0.6) is 0 Å². The van der Waals surface area contributed by atoms with Gasteiger partial charge in [0.15, 0.2) is 0 Å². The maximum atomic E-state index is 11.7. The van der Waals surface area contributed by atoms with E-state index in [1.165, 1.54) is 0 Å². The second kappa shape index (κ2) is 7.39. The molecule has 0 aliphatic rings. The first-order chi connectivity index (χ1) is 8.67. The largest absolute Gasteiger partial charge is 0.356 e. The Labute approximate surface area is 106 Å². The van der Waals surface area contributed by atoms with Crippen molar-refractivity contribution in [1.29, 1.82) is 0 Å². The molecule has 1 aromatic rings. The maximum absolute atomic E-state index is 11.7. The normalized spacial score (nSPS) is 9.89. The maximum Gasteiger partial charge on any atom is 0.251 e. The van der Waals surface area contributed by atoms with Crippen LogP contribution in [0.4, 0.5) is 0 Å². The zero-order valence-electron chi connectivity index (χ0n) is 10.4. The highest BCUT2D eigenvalue weighted by atomic mass is 16.2. The van der Waals surface area contributed by atoms with E-state index in [-0.39, 0.29) is 18.2 Å². The molecule has 0 bridgehead atoms. The predicted molar refractivity (Wildman–Crippen MR) is 67.8 cm³/mol. The highest BCUT2D eigenvalue weighted by Gasteiger charge is 2.07. The van der Waals surface area contributed by atoms with Crippen molar-refractivity contribution in [1.82, 2.24) is 15.6 Å². The summed E-state index contributed by atoms with van der Waals surface area (Å²) in [4.78, 5) is 26.9. The molecule has 6 heteroatoms. The second-order valence-corrected chi connectivity index (χ2v) is 3.70.